The molecule has 0 heterocycles. The summed E-state index contributed by atoms with van der Waals surface area (Å²) in [6, 6.07) is 7.26. The second-order valence-electron chi connectivity index (χ2n) is 6.50. The van der Waals surface area contributed by atoms with E-state index in [0.717, 1.165) is 12.0 Å². The molecule has 1 aliphatic carbocycles. The first-order valence-electron chi connectivity index (χ1n) is 6.63. The third-order valence-electron chi connectivity index (χ3n) is 4.18. The highest BCUT2D eigenvalue weighted by Gasteiger charge is 2.54. The van der Waals surface area contributed by atoms with Gasteiger partial charge in [0.2, 0.25) is 0 Å². The van der Waals surface area contributed by atoms with Crippen LogP contribution in [0.25, 0.3) is 0 Å². The van der Waals surface area contributed by atoms with Crippen molar-refractivity contribution in [2.24, 2.45) is 5.41 Å². The summed E-state index contributed by atoms with van der Waals surface area (Å²) in [6.45, 7) is 6.24. The average Bonchev–Trinajstić information content (AvgIpc) is 2.26. The molecular weight excluding hydrogens is 258 g/mol. The van der Waals surface area contributed by atoms with E-state index in [0.29, 0.717) is 4.90 Å². The van der Waals surface area contributed by atoms with Crippen molar-refractivity contribution in [2.75, 3.05) is 14.1 Å². The lowest BCUT2D eigenvalue weighted by atomic mass is 9.66. The lowest BCUT2D eigenvalue weighted by Gasteiger charge is -2.53. The minimum Gasteiger partial charge on any atom is -0.305 e. The number of nitrogens with zero attached hydrogens (tertiary/aromatic N) is 1. The second-order valence-corrected chi connectivity index (χ2v) is 8.66. The molecule has 19 heavy (non-hydrogen) atoms. The molecule has 106 valence electrons. The summed E-state index contributed by atoms with van der Waals surface area (Å²) in [5, 5.41) is -0.291. The molecule has 0 N–H and O–H groups in total. The van der Waals surface area contributed by atoms with Crippen molar-refractivity contribution < 1.29 is 8.42 Å². The van der Waals surface area contributed by atoms with Gasteiger partial charge in [0.15, 0.2) is 9.84 Å². The Hall–Kier alpha value is -0.870. The molecule has 0 unspecified atom stereocenters. The van der Waals surface area contributed by atoms with Crippen LogP contribution in [0.3, 0.4) is 0 Å². The summed E-state index contributed by atoms with van der Waals surface area (Å²) in [6.07, 6.45) is 0.728. The van der Waals surface area contributed by atoms with Gasteiger partial charge in [-0.15, -0.1) is 0 Å². The molecule has 0 aliphatic heterocycles. The van der Waals surface area contributed by atoms with Crippen molar-refractivity contribution in [2.45, 2.75) is 43.4 Å². The molecule has 1 aromatic rings. The Morgan fingerprint density at radius 2 is 1.68 bits per heavy atom. The maximum Gasteiger partial charge on any atom is 0.182 e. The summed E-state index contributed by atoms with van der Waals surface area (Å²) in [5.41, 5.74) is 1.14. The van der Waals surface area contributed by atoms with Gasteiger partial charge in [0.25, 0.3) is 0 Å². The van der Waals surface area contributed by atoms with Crippen LogP contribution in [0.15, 0.2) is 29.2 Å². The number of hydrogen-bond acceptors (Lipinski definition) is 3. The zero-order valence-corrected chi connectivity index (χ0v) is 13.2. The summed E-state index contributed by atoms with van der Waals surface area (Å²) < 4.78 is 25.4. The normalized spacial score (nSPS) is 26.2. The van der Waals surface area contributed by atoms with E-state index in [-0.39, 0.29) is 16.7 Å². The topological polar surface area (TPSA) is 37.4 Å². The molecule has 1 aromatic carbocycles. The van der Waals surface area contributed by atoms with E-state index in [9.17, 15) is 8.42 Å². The molecule has 1 saturated carbocycles. The minimum atomic E-state index is -3.23. The van der Waals surface area contributed by atoms with Crippen molar-refractivity contribution in [3.05, 3.63) is 29.8 Å². The van der Waals surface area contributed by atoms with Crippen molar-refractivity contribution >= 4 is 9.84 Å². The van der Waals surface area contributed by atoms with Gasteiger partial charge >= 0.3 is 0 Å². The van der Waals surface area contributed by atoms with Gasteiger partial charge in [0.1, 0.15) is 0 Å². The molecule has 2 rings (SSSR count). The van der Waals surface area contributed by atoms with E-state index < -0.39 is 9.84 Å². The summed E-state index contributed by atoms with van der Waals surface area (Å²) in [7, 11) is 0.697. The fraction of sp³-hybridized carbons (Fsp3) is 0.600. The van der Waals surface area contributed by atoms with Gasteiger partial charge in [-0.2, -0.15) is 0 Å². The molecular formula is C15H23NO2S. The van der Waals surface area contributed by atoms with Crippen LogP contribution < -0.4 is 0 Å². The third-order valence-corrected chi connectivity index (χ3v) is 6.34. The van der Waals surface area contributed by atoms with E-state index in [1.165, 1.54) is 0 Å². The monoisotopic (exact) mass is 281 g/mol. The van der Waals surface area contributed by atoms with Crippen molar-refractivity contribution in [1.29, 1.82) is 0 Å². The highest BCUT2D eigenvalue weighted by molar-refractivity contribution is 7.92. The zero-order chi connectivity index (χ0) is 14.4. The molecule has 2 atom stereocenters. The Morgan fingerprint density at radius 3 is 2.11 bits per heavy atom. The lowest BCUT2D eigenvalue weighted by molar-refractivity contribution is 0.0364. The Labute approximate surface area is 116 Å². The first-order chi connectivity index (χ1) is 8.66. The number of hydrogen-bond donors (Lipinski definition) is 0. The number of rotatable bonds is 3. The van der Waals surface area contributed by atoms with Gasteiger partial charge in [-0.3, -0.25) is 0 Å². The maximum atomic E-state index is 12.7. The SMILES string of the molecule is Cc1ccc(S(=O)(=O)[C@@H]2CC(C)(C)[C@H]2N(C)C)cc1. The van der Waals surface area contributed by atoms with Crippen molar-refractivity contribution in [3.63, 3.8) is 0 Å². The first kappa shape index (κ1) is 14.5. The Morgan fingerprint density at radius 1 is 1.16 bits per heavy atom. The van der Waals surface area contributed by atoms with Crippen LogP contribution in [0.4, 0.5) is 0 Å². The standard InChI is InChI=1S/C15H23NO2S/c1-11-6-8-12(9-7-11)19(17,18)13-10-15(2,3)14(13)16(4)5/h6-9,13-14H,10H2,1-5H3/t13-,14+/m1/s1. The summed E-state index contributed by atoms with van der Waals surface area (Å²) in [4.78, 5) is 2.49. The minimum absolute atomic E-state index is 0.0614. The number of aryl methyl sites for hydroxylation is 1. The van der Waals surface area contributed by atoms with Gasteiger partial charge < -0.3 is 4.90 Å². The molecule has 4 heteroatoms. The first-order valence-corrected chi connectivity index (χ1v) is 8.18. The van der Waals surface area contributed by atoms with Crippen LogP contribution in [-0.4, -0.2) is 38.7 Å². The second kappa shape index (κ2) is 4.60. The van der Waals surface area contributed by atoms with Crippen molar-refractivity contribution in [1.82, 2.24) is 4.90 Å². The van der Waals surface area contributed by atoms with E-state index in [2.05, 4.69) is 13.8 Å². The van der Waals surface area contributed by atoms with E-state index in [1.807, 2.05) is 38.1 Å². The van der Waals surface area contributed by atoms with E-state index in [4.69, 9.17) is 0 Å². The van der Waals surface area contributed by atoms with E-state index in [1.54, 1.807) is 12.1 Å². The molecule has 0 saturated heterocycles. The van der Waals surface area contributed by atoms with Crippen LogP contribution in [0.5, 0.6) is 0 Å². The molecule has 0 radical (unpaired) electrons. The third kappa shape index (κ3) is 2.43. The van der Waals surface area contributed by atoms with Gasteiger partial charge in [-0.1, -0.05) is 31.5 Å². The highest BCUT2D eigenvalue weighted by atomic mass is 32.2. The quantitative estimate of drug-likeness (QED) is 0.854. The Balaban J connectivity index is 2.34. The van der Waals surface area contributed by atoms with Crippen LogP contribution in [0.1, 0.15) is 25.8 Å². The maximum absolute atomic E-state index is 12.7. The Kier molecular flexibility index (Phi) is 3.52. The fourth-order valence-electron chi connectivity index (χ4n) is 3.31. The molecule has 0 spiro atoms. The van der Waals surface area contributed by atoms with Gasteiger partial charge in [-0.25, -0.2) is 8.42 Å². The lowest BCUT2D eigenvalue weighted by Crippen LogP contribution is -2.62. The summed E-state index contributed by atoms with van der Waals surface area (Å²) in [5.74, 6) is 0. The van der Waals surface area contributed by atoms with Crippen LogP contribution >= 0.6 is 0 Å². The largest absolute Gasteiger partial charge is 0.305 e. The summed E-state index contributed by atoms with van der Waals surface area (Å²) >= 11 is 0. The van der Waals surface area contributed by atoms with Gasteiger partial charge in [0, 0.05) is 6.04 Å². The predicted octanol–water partition coefficient (Wildman–Crippen LogP) is 2.50. The average molecular weight is 281 g/mol. The predicted molar refractivity (Wildman–Crippen MR) is 78.0 cm³/mol. The van der Waals surface area contributed by atoms with E-state index >= 15 is 0 Å². The molecule has 3 nitrogen and oxygen atoms in total. The fourth-order valence-corrected chi connectivity index (χ4v) is 5.77. The zero-order valence-electron chi connectivity index (χ0n) is 12.3. The molecule has 1 fully saturated rings. The van der Waals surface area contributed by atoms with Crippen LogP contribution in [0.2, 0.25) is 0 Å². The molecule has 0 amide bonds. The van der Waals surface area contributed by atoms with Gasteiger partial charge in [0.05, 0.1) is 10.1 Å². The smallest absolute Gasteiger partial charge is 0.182 e. The molecule has 0 aromatic heterocycles. The van der Waals surface area contributed by atoms with Crippen LogP contribution in [-0.2, 0) is 9.84 Å². The number of benzene rings is 1. The molecule has 1 aliphatic rings. The Bertz CT molecular complexity index is 558. The van der Waals surface area contributed by atoms with Crippen LogP contribution in [0, 0.1) is 12.3 Å². The number of sulfone groups is 1. The van der Waals surface area contributed by atoms with Crippen molar-refractivity contribution in [3.8, 4) is 0 Å². The highest BCUT2D eigenvalue weighted by Crippen LogP contribution is 2.47. The molecule has 0 bridgehead atoms. The van der Waals surface area contributed by atoms with Gasteiger partial charge in [-0.05, 0) is 45.0 Å².